The molecule has 13 heavy (non-hydrogen) atoms. The van der Waals surface area contributed by atoms with Crippen LogP contribution < -0.4 is 5.73 Å². The maximum absolute atomic E-state index is 10.5. The quantitative estimate of drug-likeness (QED) is 0.196. The van der Waals surface area contributed by atoms with Crippen LogP contribution in [0.3, 0.4) is 0 Å². The molecule has 0 radical (unpaired) electrons. The largest absolute Gasteiger partial charge is 0.462 e. The van der Waals surface area contributed by atoms with Crippen molar-refractivity contribution in [1.29, 1.82) is 0 Å². The van der Waals surface area contributed by atoms with Crippen LogP contribution in [0.5, 0.6) is 0 Å². The van der Waals surface area contributed by atoms with Crippen LogP contribution in [0.2, 0.25) is 0 Å². The molecule has 0 aliphatic carbocycles. The summed E-state index contributed by atoms with van der Waals surface area (Å²) in [6.45, 7) is 0.934. The molecule has 0 saturated carbocycles. The van der Waals surface area contributed by atoms with Gasteiger partial charge in [0.1, 0.15) is 6.61 Å². The van der Waals surface area contributed by atoms with E-state index in [2.05, 4.69) is 14.8 Å². The van der Waals surface area contributed by atoms with E-state index in [1.54, 1.807) is 0 Å². The zero-order valence-electron chi connectivity index (χ0n) is 7.18. The van der Waals surface area contributed by atoms with Crippen molar-refractivity contribution < 1.29 is 14.3 Å². The number of azide groups is 1. The summed E-state index contributed by atoms with van der Waals surface area (Å²) in [4.78, 5) is 13.0. The molecule has 0 bridgehead atoms. The molecule has 0 rings (SSSR count). The van der Waals surface area contributed by atoms with E-state index in [0.29, 0.717) is 6.61 Å². The second-order valence-corrected chi connectivity index (χ2v) is 1.99. The van der Waals surface area contributed by atoms with Gasteiger partial charge in [-0.25, -0.2) is 0 Å². The highest BCUT2D eigenvalue weighted by atomic mass is 16.6. The molecule has 0 aliphatic heterocycles. The summed E-state index contributed by atoms with van der Waals surface area (Å²) in [5.74, 6) is -0.460. The molecule has 0 unspecified atom stereocenters. The molecule has 7 heteroatoms. The van der Waals surface area contributed by atoms with Crippen molar-refractivity contribution >= 4 is 5.97 Å². The van der Waals surface area contributed by atoms with Gasteiger partial charge < -0.3 is 15.2 Å². The molecule has 0 aromatic rings. The van der Waals surface area contributed by atoms with Crippen molar-refractivity contribution in [1.82, 2.24) is 0 Å². The summed E-state index contributed by atoms with van der Waals surface area (Å²) < 4.78 is 9.55. The third-order valence-corrected chi connectivity index (χ3v) is 1.06. The van der Waals surface area contributed by atoms with Gasteiger partial charge in [0, 0.05) is 11.5 Å². The molecular formula is C6H12N4O3. The summed E-state index contributed by atoms with van der Waals surface area (Å²) in [5.41, 5.74) is 12.9. The third-order valence-electron chi connectivity index (χ3n) is 1.06. The maximum Gasteiger partial charge on any atom is 0.319 e. The van der Waals surface area contributed by atoms with E-state index in [1.807, 2.05) is 0 Å². The van der Waals surface area contributed by atoms with Crippen LogP contribution in [0.15, 0.2) is 5.11 Å². The van der Waals surface area contributed by atoms with E-state index in [1.165, 1.54) is 0 Å². The Bertz CT molecular complexity index is 190. The van der Waals surface area contributed by atoms with Crippen LogP contribution in [0.4, 0.5) is 0 Å². The van der Waals surface area contributed by atoms with Crippen LogP contribution in [-0.2, 0) is 14.3 Å². The normalized spacial score (nSPS) is 9.00. The van der Waals surface area contributed by atoms with E-state index in [4.69, 9.17) is 16.0 Å². The Morgan fingerprint density at radius 2 is 2.23 bits per heavy atom. The minimum absolute atomic E-state index is 0.126. The van der Waals surface area contributed by atoms with E-state index in [0.717, 1.165) is 0 Å². The van der Waals surface area contributed by atoms with Crippen LogP contribution >= 0.6 is 0 Å². The Morgan fingerprint density at radius 1 is 1.46 bits per heavy atom. The smallest absolute Gasteiger partial charge is 0.319 e. The molecule has 0 aromatic heterocycles. The summed E-state index contributed by atoms with van der Waals surface area (Å²) in [7, 11) is 0. The number of hydrogen-bond acceptors (Lipinski definition) is 5. The van der Waals surface area contributed by atoms with Gasteiger partial charge >= 0.3 is 5.97 Å². The summed E-state index contributed by atoms with van der Waals surface area (Å²) in [6.07, 6.45) is 0. The first-order chi connectivity index (χ1) is 6.31. The number of esters is 1. The number of nitrogens with zero attached hydrogens (tertiary/aromatic N) is 3. The molecule has 0 spiro atoms. The molecule has 7 nitrogen and oxygen atoms in total. The highest BCUT2D eigenvalue weighted by molar-refractivity contribution is 5.71. The minimum atomic E-state index is -0.460. The van der Waals surface area contributed by atoms with Gasteiger partial charge in [-0.15, -0.1) is 0 Å². The average molecular weight is 188 g/mol. The lowest BCUT2D eigenvalue weighted by molar-refractivity contribution is -0.143. The number of ether oxygens (including phenoxy) is 2. The van der Waals surface area contributed by atoms with Gasteiger partial charge in [0.15, 0.2) is 0 Å². The van der Waals surface area contributed by atoms with Gasteiger partial charge in [0.05, 0.1) is 19.8 Å². The Balaban J connectivity index is 3.08. The third kappa shape index (κ3) is 8.61. The molecule has 2 N–H and O–H groups in total. The van der Waals surface area contributed by atoms with Crippen LogP contribution in [0.25, 0.3) is 10.4 Å². The number of carbonyl (C=O) groups is 1. The molecule has 0 atom stereocenters. The van der Waals surface area contributed by atoms with Gasteiger partial charge in [-0.2, -0.15) is 0 Å². The first-order valence-electron chi connectivity index (χ1n) is 3.75. The van der Waals surface area contributed by atoms with Crippen LogP contribution in [-0.4, -0.2) is 38.9 Å². The maximum atomic E-state index is 10.5. The Morgan fingerprint density at radius 3 is 2.85 bits per heavy atom. The molecule has 0 aliphatic rings. The fourth-order valence-electron chi connectivity index (χ4n) is 0.526. The van der Waals surface area contributed by atoms with E-state index < -0.39 is 5.97 Å². The van der Waals surface area contributed by atoms with Gasteiger partial charge in [-0.3, -0.25) is 4.79 Å². The molecule has 0 heterocycles. The monoisotopic (exact) mass is 188 g/mol. The van der Waals surface area contributed by atoms with Crippen LogP contribution in [0.1, 0.15) is 0 Å². The first kappa shape index (κ1) is 11.7. The second-order valence-electron chi connectivity index (χ2n) is 1.99. The molecule has 0 saturated heterocycles. The van der Waals surface area contributed by atoms with Gasteiger partial charge in [-0.05, 0) is 5.53 Å². The van der Waals surface area contributed by atoms with Gasteiger partial charge in [0.2, 0.25) is 0 Å². The standard InChI is InChI=1S/C6H12N4O3/c7-5-6(11)13-4-3-12-2-1-9-10-8/h1-5,7H2. The molecule has 74 valence electrons. The Hall–Kier alpha value is -1.30. The zero-order valence-corrected chi connectivity index (χ0v) is 7.18. The first-order valence-corrected chi connectivity index (χ1v) is 3.75. The highest BCUT2D eigenvalue weighted by Crippen LogP contribution is 1.80. The predicted octanol–water partition coefficient (Wildman–Crippen LogP) is -0.185. The lowest BCUT2D eigenvalue weighted by Gasteiger charge is -2.02. The van der Waals surface area contributed by atoms with E-state index in [-0.39, 0.29) is 26.3 Å². The molecular weight excluding hydrogens is 176 g/mol. The fraction of sp³-hybridized carbons (Fsp3) is 0.833. The van der Waals surface area contributed by atoms with E-state index in [9.17, 15) is 4.79 Å². The highest BCUT2D eigenvalue weighted by Gasteiger charge is 1.96. The number of rotatable bonds is 7. The van der Waals surface area contributed by atoms with Crippen LogP contribution in [0, 0.1) is 0 Å². The Labute approximate surface area is 75.4 Å². The second kappa shape index (κ2) is 8.79. The number of carbonyl (C=O) groups excluding carboxylic acids is 1. The molecule has 0 fully saturated rings. The SMILES string of the molecule is [N-]=[N+]=NCCOCCOC(=O)CN. The molecule has 0 aromatic carbocycles. The van der Waals surface area contributed by atoms with Crippen molar-refractivity contribution in [2.45, 2.75) is 0 Å². The Kier molecular flexibility index (Phi) is 7.91. The minimum Gasteiger partial charge on any atom is -0.462 e. The molecule has 0 amide bonds. The number of nitrogens with two attached hydrogens (primary N) is 1. The number of hydrogen-bond donors (Lipinski definition) is 1. The summed E-state index contributed by atoms with van der Waals surface area (Å²) in [6, 6.07) is 0. The summed E-state index contributed by atoms with van der Waals surface area (Å²) >= 11 is 0. The van der Waals surface area contributed by atoms with Crippen molar-refractivity contribution in [3.63, 3.8) is 0 Å². The fourth-order valence-corrected chi connectivity index (χ4v) is 0.526. The van der Waals surface area contributed by atoms with Gasteiger partial charge in [0.25, 0.3) is 0 Å². The van der Waals surface area contributed by atoms with Crippen molar-refractivity contribution in [3.05, 3.63) is 10.4 Å². The lowest BCUT2D eigenvalue weighted by atomic mass is 10.6. The summed E-state index contributed by atoms with van der Waals surface area (Å²) in [5, 5.41) is 3.25. The van der Waals surface area contributed by atoms with Gasteiger partial charge in [-0.1, -0.05) is 5.11 Å². The van der Waals surface area contributed by atoms with E-state index >= 15 is 0 Å². The van der Waals surface area contributed by atoms with Crippen molar-refractivity contribution in [2.75, 3.05) is 32.9 Å². The zero-order chi connectivity index (χ0) is 9.94. The van der Waals surface area contributed by atoms with Crippen molar-refractivity contribution in [3.8, 4) is 0 Å². The topological polar surface area (TPSA) is 110 Å². The predicted molar refractivity (Wildman–Crippen MR) is 44.8 cm³/mol. The lowest BCUT2D eigenvalue weighted by Crippen LogP contribution is -2.19. The van der Waals surface area contributed by atoms with Crippen molar-refractivity contribution in [2.24, 2.45) is 10.8 Å². The average Bonchev–Trinajstić information content (AvgIpc) is 2.16.